The van der Waals surface area contributed by atoms with E-state index in [1.54, 1.807) is 23.5 Å². The Labute approximate surface area is 202 Å². The van der Waals surface area contributed by atoms with E-state index in [4.69, 9.17) is 15.1 Å². The van der Waals surface area contributed by atoms with Gasteiger partial charge in [-0.1, -0.05) is 5.92 Å². The lowest BCUT2D eigenvalue weighted by Gasteiger charge is -2.19. The molecule has 34 heavy (non-hydrogen) atoms. The fourth-order valence-electron chi connectivity index (χ4n) is 2.66. The molecule has 10 heteroatoms. The van der Waals surface area contributed by atoms with Gasteiger partial charge in [-0.15, -0.1) is 11.3 Å². The summed E-state index contributed by atoms with van der Waals surface area (Å²) in [5.74, 6) is 10.00. The first kappa shape index (κ1) is 27.0. The van der Waals surface area contributed by atoms with Gasteiger partial charge in [-0.05, 0) is 61.1 Å². The lowest BCUT2D eigenvalue weighted by Crippen LogP contribution is -2.51. The van der Waals surface area contributed by atoms with Crippen LogP contribution >= 0.6 is 11.3 Å². The summed E-state index contributed by atoms with van der Waals surface area (Å²) in [7, 11) is 0. The lowest BCUT2D eigenvalue weighted by molar-refractivity contribution is -0.133. The summed E-state index contributed by atoms with van der Waals surface area (Å²) in [5.41, 5.74) is 2.34. The summed E-state index contributed by atoms with van der Waals surface area (Å²) in [4.78, 5) is 25.8. The van der Waals surface area contributed by atoms with Crippen LogP contribution in [0.25, 0.3) is 0 Å². The number of hydroxylamine groups is 1. The summed E-state index contributed by atoms with van der Waals surface area (Å²) in [6, 6.07) is 9.01. The highest BCUT2D eigenvalue weighted by Crippen LogP contribution is 2.14. The maximum absolute atomic E-state index is 12.3. The van der Waals surface area contributed by atoms with Crippen LogP contribution in [-0.2, 0) is 16.1 Å². The number of hydrogen-bond acceptors (Lipinski definition) is 8. The number of thiophene rings is 1. The number of aliphatic hydroxyl groups excluding tert-OH is 2. The van der Waals surface area contributed by atoms with Gasteiger partial charge in [0.05, 0.1) is 30.8 Å². The smallest absolute Gasteiger partial charge is 0.268 e. The van der Waals surface area contributed by atoms with Gasteiger partial charge in [-0.25, -0.2) is 5.48 Å². The summed E-state index contributed by atoms with van der Waals surface area (Å²) >= 11 is 1.57. The highest BCUT2D eigenvalue weighted by molar-refractivity contribution is 7.12. The first-order valence-corrected chi connectivity index (χ1v) is 11.3. The molecule has 2 rings (SSSR count). The average molecular weight is 486 g/mol. The first-order chi connectivity index (χ1) is 16.4. The van der Waals surface area contributed by atoms with E-state index >= 15 is 0 Å². The number of benzene rings is 1. The van der Waals surface area contributed by atoms with Crippen LogP contribution in [-0.4, -0.2) is 65.7 Å². The van der Waals surface area contributed by atoms with Crippen molar-refractivity contribution in [1.82, 2.24) is 16.1 Å². The molecular weight excluding hydrogens is 458 g/mol. The van der Waals surface area contributed by atoms with Gasteiger partial charge in [0, 0.05) is 29.1 Å². The molecule has 2 atom stereocenters. The van der Waals surface area contributed by atoms with Crippen molar-refractivity contribution in [3.05, 3.63) is 57.3 Å². The molecule has 0 spiro atoms. The predicted octanol–water partition coefficient (Wildman–Crippen LogP) is 0.234. The van der Waals surface area contributed by atoms with E-state index in [-0.39, 0.29) is 12.2 Å². The van der Waals surface area contributed by atoms with Crippen LogP contribution in [0, 0.1) is 23.7 Å². The monoisotopic (exact) mass is 485 g/mol. The maximum Gasteiger partial charge on any atom is 0.268 e. The largest absolute Gasteiger partial charge is 0.394 e. The number of nitrogens with one attached hydrogen (secondary N) is 3. The van der Waals surface area contributed by atoms with Gasteiger partial charge < -0.3 is 25.6 Å². The molecule has 1 aromatic heterocycles. The Morgan fingerprint density at radius 2 is 1.82 bits per heavy atom. The van der Waals surface area contributed by atoms with E-state index in [0.29, 0.717) is 31.9 Å². The van der Waals surface area contributed by atoms with E-state index in [1.165, 1.54) is 24.5 Å². The van der Waals surface area contributed by atoms with Crippen LogP contribution in [0.1, 0.15) is 32.6 Å². The number of hydrogen-bond donors (Lipinski definition) is 6. The Hall–Kier alpha value is -3.22. The fourth-order valence-corrected chi connectivity index (χ4v) is 3.49. The standard InChI is InChI=1S/C24H27N3O6S/c1-17(29)22(24(31)27-32)26-23(30)19-8-6-18(7-9-19)4-2-3-5-20-10-11-21(34-20)16-25-12-14-33-15-13-28/h6-11,17,22,25,28-29,32H,12-16H2,1H3,(H,26,30)(H,27,31). The van der Waals surface area contributed by atoms with E-state index < -0.39 is 24.0 Å². The van der Waals surface area contributed by atoms with Crippen molar-refractivity contribution in [3.63, 3.8) is 0 Å². The SMILES string of the molecule is CC(O)C(NC(=O)c1ccc(C#CC#Cc2ccc(CNCCOCCO)s2)cc1)C(=O)NO. The van der Waals surface area contributed by atoms with E-state index in [0.717, 1.165) is 9.75 Å². The Bertz CT molecular complexity index is 1060. The van der Waals surface area contributed by atoms with Gasteiger partial charge in [-0.3, -0.25) is 14.8 Å². The number of ether oxygens (including phenoxy) is 1. The molecule has 180 valence electrons. The molecule has 2 unspecified atom stereocenters. The molecule has 0 saturated heterocycles. The van der Waals surface area contributed by atoms with Gasteiger partial charge in [-0.2, -0.15) is 0 Å². The highest BCUT2D eigenvalue weighted by Gasteiger charge is 2.25. The minimum absolute atomic E-state index is 0.0247. The van der Waals surface area contributed by atoms with Gasteiger partial charge in [0.2, 0.25) is 0 Å². The molecule has 0 bridgehead atoms. The molecule has 1 aromatic carbocycles. The molecule has 0 aliphatic heterocycles. The third-order valence-electron chi connectivity index (χ3n) is 4.38. The summed E-state index contributed by atoms with van der Waals surface area (Å²) in [6.07, 6.45) is -1.19. The lowest BCUT2D eigenvalue weighted by atomic mass is 10.1. The molecule has 2 amide bonds. The predicted molar refractivity (Wildman–Crippen MR) is 127 cm³/mol. The van der Waals surface area contributed by atoms with Crippen molar-refractivity contribution in [1.29, 1.82) is 0 Å². The number of carbonyl (C=O) groups is 2. The van der Waals surface area contributed by atoms with Gasteiger partial charge in [0.25, 0.3) is 11.8 Å². The number of carbonyl (C=O) groups excluding carboxylic acids is 2. The maximum atomic E-state index is 12.3. The van der Waals surface area contributed by atoms with Gasteiger partial charge in [0.1, 0.15) is 6.04 Å². The number of rotatable bonds is 11. The average Bonchev–Trinajstić information content (AvgIpc) is 3.29. The Morgan fingerprint density at radius 3 is 2.50 bits per heavy atom. The summed E-state index contributed by atoms with van der Waals surface area (Å²) < 4.78 is 5.18. The minimum atomic E-state index is -1.29. The van der Waals surface area contributed by atoms with Crippen LogP contribution in [0.15, 0.2) is 36.4 Å². The van der Waals surface area contributed by atoms with Crippen LogP contribution in [0.2, 0.25) is 0 Å². The fraction of sp³-hybridized carbons (Fsp3) is 0.333. The van der Waals surface area contributed by atoms with Crippen molar-refractivity contribution in [2.24, 2.45) is 0 Å². The molecule has 0 saturated carbocycles. The second kappa shape index (κ2) is 14.8. The highest BCUT2D eigenvalue weighted by atomic mass is 32.1. The third-order valence-corrected chi connectivity index (χ3v) is 5.38. The van der Waals surface area contributed by atoms with Crippen LogP contribution in [0.3, 0.4) is 0 Å². The zero-order valence-corrected chi connectivity index (χ0v) is 19.4. The number of amides is 2. The van der Waals surface area contributed by atoms with Crippen molar-refractivity contribution in [2.45, 2.75) is 25.6 Å². The molecule has 0 radical (unpaired) electrons. The number of aliphatic hydroxyl groups is 2. The topological polar surface area (TPSA) is 140 Å². The normalized spacial score (nSPS) is 11.9. The van der Waals surface area contributed by atoms with Gasteiger partial charge >= 0.3 is 0 Å². The van der Waals surface area contributed by atoms with E-state index in [2.05, 4.69) is 34.3 Å². The molecule has 6 N–H and O–H groups in total. The second-order valence-electron chi connectivity index (χ2n) is 7.02. The Morgan fingerprint density at radius 1 is 1.09 bits per heavy atom. The Kier molecular flexibility index (Phi) is 11.8. The van der Waals surface area contributed by atoms with Crippen molar-refractivity contribution < 1.29 is 29.7 Å². The van der Waals surface area contributed by atoms with E-state index in [1.807, 2.05) is 12.1 Å². The van der Waals surface area contributed by atoms with Crippen molar-refractivity contribution in [3.8, 4) is 23.7 Å². The van der Waals surface area contributed by atoms with Crippen LogP contribution < -0.4 is 16.1 Å². The molecule has 2 aromatic rings. The quantitative estimate of drug-likeness (QED) is 0.116. The Balaban J connectivity index is 1.86. The molecule has 0 aliphatic carbocycles. The molecule has 1 heterocycles. The first-order valence-electron chi connectivity index (χ1n) is 10.5. The van der Waals surface area contributed by atoms with E-state index in [9.17, 15) is 14.7 Å². The molecule has 0 fully saturated rings. The van der Waals surface area contributed by atoms with Crippen LogP contribution in [0.5, 0.6) is 0 Å². The minimum Gasteiger partial charge on any atom is -0.394 e. The summed E-state index contributed by atoms with van der Waals surface area (Å²) in [5, 5.41) is 32.6. The van der Waals surface area contributed by atoms with Crippen LogP contribution in [0.4, 0.5) is 0 Å². The third kappa shape index (κ3) is 9.33. The van der Waals surface area contributed by atoms with Gasteiger partial charge in [0.15, 0.2) is 0 Å². The molecule has 0 aliphatic rings. The second-order valence-corrected chi connectivity index (χ2v) is 8.19. The molecule has 9 nitrogen and oxygen atoms in total. The summed E-state index contributed by atoms with van der Waals surface area (Å²) in [6.45, 7) is 3.65. The zero-order chi connectivity index (χ0) is 24.8. The van der Waals surface area contributed by atoms with Crippen molar-refractivity contribution >= 4 is 23.2 Å². The van der Waals surface area contributed by atoms with Crippen molar-refractivity contribution in [2.75, 3.05) is 26.4 Å². The zero-order valence-electron chi connectivity index (χ0n) is 18.6. The molecular formula is C24H27N3O6S.